The minimum Gasteiger partial charge on any atom is -0.465 e. The molecule has 0 spiro atoms. The number of hydrogen-bond donors (Lipinski definition) is 3. The maximum absolute atomic E-state index is 13.3. The van der Waals surface area contributed by atoms with Gasteiger partial charge in [-0.3, -0.25) is 19.3 Å². The molecule has 5 rings (SSSR count). The maximum atomic E-state index is 13.3. The highest BCUT2D eigenvalue weighted by molar-refractivity contribution is 6.37. The van der Waals surface area contributed by atoms with Crippen molar-refractivity contribution in [2.24, 2.45) is 0 Å². The molecule has 2 amide bonds. The lowest BCUT2D eigenvalue weighted by Gasteiger charge is -2.31. The first kappa shape index (κ1) is 30.0. The quantitative estimate of drug-likeness (QED) is 0.197. The fraction of sp³-hybridized carbons (Fsp3) is 0.303. The Kier molecular flexibility index (Phi) is 9.20. The number of amides is 2. The van der Waals surface area contributed by atoms with Crippen LogP contribution in [-0.4, -0.2) is 80.7 Å². The molecule has 0 saturated carbocycles. The Labute approximate surface area is 251 Å². The number of hydrogen-bond acceptors (Lipinski definition) is 8. The van der Waals surface area contributed by atoms with Gasteiger partial charge in [-0.25, -0.2) is 9.86 Å². The van der Waals surface area contributed by atoms with Crippen LogP contribution in [0.2, 0.25) is 0 Å². The van der Waals surface area contributed by atoms with E-state index in [1.54, 1.807) is 37.4 Å². The van der Waals surface area contributed by atoms with E-state index in [1.165, 1.54) is 12.2 Å². The topological polar surface area (TPSA) is 112 Å². The Hall–Kier alpha value is -4.51. The predicted molar refractivity (Wildman–Crippen MR) is 166 cm³/mol. The lowest BCUT2D eigenvalue weighted by molar-refractivity contribution is -0.110. The number of rotatable bonds is 9. The zero-order chi connectivity index (χ0) is 30.5. The molecule has 1 fully saturated rings. The van der Waals surface area contributed by atoms with Crippen molar-refractivity contribution in [1.29, 1.82) is 0 Å². The van der Waals surface area contributed by atoms with E-state index < -0.39 is 5.97 Å². The molecule has 3 aromatic rings. The van der Waals surface area contributed by atoms with E-state index in [4.69, 9.17) is 9.57 Å². The first-order chi connectivity index (χ1) is 20.7. The van der Waals surface area contributed by atoms with Gasteiger partial charge < -0.3 is 20.7 Å². The van der Waals surface area contributed by atoms with Crippen LogP contribution >= 0.6 is 0 Å². The zero-order valence-corrected chi connectivity index (χ0v) is 24.9. The van der Waals surface area contributed by atoms with Crippen LogP contribution < -0.4 is 16.0 Å². The minimum absolute atomic E-state index is 0.247. The van der Waals surface area contributed by atoms with Crippen LogP contribution in [0.15, 0.2) is 66.7 Å². The second kappa shape index (κ2) is 13.2. The van der Waals surface area contributed by atoms with Crippen molar-refractivity contribution >= 4 is 40.4 Å². The Morgan fingerprint density at radius 3 is 2.51 bits per heavy atom. The Morgan fingerprint density at radius 2 is 1.81 bits per heavy atom. The predicted octanol–water partition coefficient (Wildman–Crippen LogP) is 4.01. The van der Waals surface area contributed by atoms with Crippen LogP contribution in [0.4, 0.5) is 11.4 Å². The number of benzene rings is 3. The summed E-state index contributed by atoms with van der Waals surface area (Å²) >= 11 is 0. The molecule has 1 unspecified atom stereocenters. The van der Waals surface area contributed by atoms with E-state index in [2.05, 4.69) is 27.8 Å². The molecule has 0 aromatic heterocycles. The molecule has 10 nitrogen and oxygen atoms in total. The molecule has 0 aliphatic carbocycles. The highest BCUT2D eigenvalue weighted by Gasteiger charge is 2.30. The van der Waals surface area contributed by atoms with Crippen molar-refractivity contribution in [1.82, 2.24) is 15.3 Å². The van der Waals surface area contributed by atoms with Crippen LogP contribution in [-0.2, 0) is 14.4 Å². The first-order valence-corrected chi connectivity index (χ1v) is 14.3. The summed E-state index contributed by atoms with van der Waals surface area (Å²) in [5, 5.41) is 11.0. The summed E-state index contributed by atoms with van der Waals surface area (Å²) in [5.41, 5.74) is 5.35. The van der Waals surface area contributed by atoms with E-state index in [-0.39, 0.29) is 11.8 Å². The number of nitrogens with one attached hydrogen (secondary N) is 3. The standard InChI is InChI=1S/C33H37N5O5/c1-21-18-27-28(19-26(21)33(41)42-4)36-31(39)29(27)30(23-8-6-5-7-9-23)35-25-12-10-24(11-13-25)32(40)37(3)43-17-16-38-15-14-34-22(2)20-38/h5-13,18-19,22,34-35H,14-17,20H2,1-4H3,(H,36,39). The van der Waals surface area contributed by atoms with E-state index in [0.717, 1.165) is 31.7 Å². The summed E-state index contributed by atoms with van der Waals surface area (Å²) in [4.78, 5) is 46.6. The third kappa shape index (κ3) is 6.77. The van der Waals surface area contributed by atoms with Crippen LogP contribution in [0, 0.1) is 6.92 Å². The van der Waals surface area contributed by atoms with Crippen LogP contribution in [0.25, 0.3) is 11.3 Å². The molecule has 2 aliphatic rings. The van der Waals surface area contributed by atoms with Crippen LogP contribution in [0.1, 0.15) is 44.3 Å². The van der Waals surface area contributed by atoms with Crippen molar-refractivity contribution in [3.63, 3.8) is 0 Å². The van der Waals surface area contributed by atoms with Gasteiger partial charge in [0.1, 0.15) is 0 Å². The summed E-state index contributed by atoms with van der Waals surface area (Å²) in [6, 6.07) is 20.5. The van der Waals surface area contributed by atoms with Crippen LogP contribution in [0.5, 0.6) is 0 Å². The smallest absolute Gasteiger partial charge is 0.338 e. The number of aryl methyl sites for hydroxylation is 1. The van der Waals surface area contributed by atoms with Crippen molar-refractivity contribution in [2.75, 3.05) is 57.6 Å². The van der Waals surface area contributed by atoms with E-state index in [0.29, 0.717) is 57.5 Å². The number of piperazine rings is 1. The fourth-order valence-electron chi connectivity index (χ4n) is 5.39. The zero-order valence-electron chi connectivity index (χ0n) is 24.9. The minimum atomic E-state index is -0.465. The molecule has 224 valence electrons. The normalized spacial score (nSPS) is 17.6. The Morgan fingerprint density at radius 1 is 1.07 bits per heavy atom. The molecule has 43 heavy (non-hydrogen) atoms. The van der Waals surface area contributed by atoms with Gasteiger partial charge in [0.2, 0.25) is 0 Å². The average molecular weight is 584 g/mol. The number of nitrogens with zero attached hydrogens (tertiary/aromatic N) is 2. The van der Waals surface area contributed by atoms with Gasteiger partial charge in [0.25, 0.3) is 11.8 Å². The molecule has 3 aromatic carbocycles. The summed E-state index contributed by atoms with van der Waals surface area (Å²) in [5.74, 6) is -1.00. The SMILES string of the molecule is COC(=O)c1cc2c(cc1C)C(=C(Nc1ccc(C(=O)N(C)OCCN3CCNC(C)C3)cc1)c1ccccc1)C(=O)N2. The second-order valence-electron chi connectivity index (χ2n) is 10.8. The number of methoxy groups -OCH3 is 1. The van der Waals surface area contributed by atoms with Crippen molar-refractivity contribution < 1.29 is 24.0 Å². The van der Waals surface area contributed by atoms with Crippen molar-refractivity contribution in [2.45, 2.75) is 19.9 Å². The fourth-order valence-corrected chi connectivity index (χ4v) is 5.39. The van der Waals surface area contributed by atoms with Gasteiger partial charge in [-0.1, -0.05) is 30.3 Å². The monoisotopic (exact) mass is 583 g/mol. The highest BCUT2D eigenvalue weighted by Crippen LogP contribution is 2.39. The van der Waals surface area contributed by atoms with Gasteiger partial charge in [0, 0.05) is 56.1 Å². The van der Waals surface area contributed by atoms with Crippen LogP contribution in [0.3, 0.4) is 0 Å². The molecule has 1 saturated heterocycles. The Bertz CT molecular complexity index is 1540. The van der Waals surface area contributed by atoms with Gasteiger partial charge in [-0.15, -0.1) is 0 Å². The molecular formula is C33H37N5O5. The van der Waals surface area contributed by atoms with Gasteiger partial charge in [0.15, 0.2) is 0 Å². The van der Waals surface area contributed by atoms with Crippen molar-refractivity contribution in [3.05, 3.63) is 94.5 Å². The number of hydroxylamine groups is 2. The molecular weight excluding hydrogens is 546 g/mol. The molecule has 0 bridgehead atoms. The highest BCUT2D eigenvalue weighted by atomic mass is 16.7. The lowest BCUT2D eigenvalue weighted by atomic mass is 9.96. The second-order valence-corrected chi connectivity index (χ2v) is 10.8. The van der Waals surface area contributed by atoms with Gasteiger partial charge in [-0.05, 0) is 61.4 Å². The molecule has 1 atom stereocenters. The first-order valence-electron chi connectivity index (χ1n) is 14.3. The number of fused-ring (bicyclic) bond motifs is 1. The number of anilines is 2. The molecule has 3 N–H and O–H groups in total. The number of carbonyl (C=O) groups is 3. The van der Waals surface area contributed by atoms with Crippen molar-refractivity contribution in [3.8, 4) is 0 Å². The molecule has 0 radical (unpaired) electrons. The molecule has 2 aliphatic heterocycles. The Balaban J connectivity index is 1.35. The number of esters is 1. The summed E-state index contributed by atoms with van der Waals surface area (Å²) in [6.07, 6.45) is 0. The van der Waals surface area contributed by atoms with Gasteiger partial charge >= 0.3 is 5.97 Å². The third-order valence-corrected chi connectivity index (χ3v) is 7.66. The summed E-state index contributed by atoms with van der Waals surface area (Å²) < 4.78 is 4.90. The number of carbonyl (C=O) groups excluding carboxylic acids is 3. The van der Waals surface area contributed by atoms with Gasteiger partial charge in [0.05, 0.1) is 36.2 Å². The lowest BCUT2D eigenvalue weighted by Crippen LogP contribution is -2.50. The van der Waals surface area contributed by atoms with E-state index in [1.807, 2.05) is 43.3 Å². The van der Waals surface area contributed by atoms with E-state index in [9.17, 15) is 14.4 Å². The number of ether oxygens (including phenoxy) is 1. The van der Waals surface area contributed by atoms with Gasteiger partial charge in [-0.2, -0.15) is 0 Å². The molecule has 10 heteroatoms. The third-order valence-electron chi connectivity index (χ3n) is 7.66. The maximum Gasteiger partial charge on any atom is 0.338 e. The summed E-state index contributed by atoms with van der Waals surface area (Å²) in [7, 11) is 2.95. The largest absolute Gasteiger partial charge is 0.465 e. The molecule has 2 heterocycles. The van der Waals surface area contributed by atoms with E-state index >= 15 is 0 Å². The summed E-state index contributed by atoms with van der Waals surface area (Å²) in [6.45, 7) is 8.01. The average Bonchev–Trinajstić information content (AvgIpc) is 3.33.